The Morgan fingerprint density at radius 3 is 2.57 bits per heavy atom. The highest BCUT2D eigenvalue weighted by molar-refractivity contribution is 5.94. The highest BCUT2D eigenvalue weighted by Crippen LogP contribution is 2.23. The Labute approximate surface area is 119 Å². The molecule has 0 spiro atoms. The second kappa shape index (κ2) is 4.86. The van der Waals surface area contributed by atoms with Crippen molar-refractivity contribution >= 4 is 5.97 Å². The summed E-state index contributed by atoms with van der Waals surface area (Å²) >= 11 is 0. The van der Waals surface area contributed by atoms with E-state index in [1.807, 2.05) is 19.9 Å². The molecule has 3 heterocycles. The molecule has 7 heteroatoms. The number of carboxylic acid groups (broad SMARTS) is 1. The van der Waals surface area contributed by atoms with Crippen molar-refractivity contribution in [3.63, 3.8) is 0 Å². The van der Waals surface area contributed by atoms with E-state index < -0.39 is 5.97 Å². The minimum Gasteiger partial charge on any atom is -0.478 e. The fraction of sp³-hybridized carbons (Fsp3) is 0.143. The highest BCUT2D eigenvalue weighted by atomic mass is 16.4. The van der Waals surface area contributed by atoms with Crippen molar-refractivity contribution in [3.05, 3.63) is 47.8 Å². The molecule has 3 aromatic heterocycles. The maximum Gasteiger partial charge on any atom is 0.339 e. The lowest BCUT2D eigenvalue weighted by atomic mass is 10.1. The number of nitrogens with zero attached hydrogens (tertiary/aromatic N) is 4. The molecule has 0 saturated carbocycles. The zero-order valence-corrected chi connectivity index (χ0v) is 11.4. The van der Waals surface area contributed by atoms with Crippen LogP contribution in [0.3, 0.4) is 0 Å². The molecule has 3 aromatic rings. The maximum absolute atomic E-state index is 11.4. The van der Waals surface area contributed by atoms with Crippen LogP contribution >= 0.6 is 0 Å². The average molecular weight is 284 g/mol. The number of hydrogen-bond acceptors (Lipinski definition) is 5. The molecule has 0 bridgehead atoms. The van der Waals surface area contributed by atoms with E-state index in [0.717, 1.165) is 11.4 Å². The van der Waals surface area contributed by atoms with Gasteiger partial charge in [-0.05, 0) is 26.0 Å². The van der Waals surface area contributed by atoms with Crippen LogP contribution in [0, 0.1) is 13.8 Å². The van der Waals surface area contributed by atoms with Gasteiger partial charge in [-0.15, -0.1) is 0 Å². The van der Waals surface area contributed by atoms with Gasteiger partial charge in [-0.25, -0.2) is 19.4 Å². The van der Waals surface area contributed by atoms with Crippen LogP contribution in [0.2, 0.25) is 0 Å². The Kier molecular flexibility index (Phi) is 3.02. The molecule has 0 radical (unpaired) electrons. The SMILES string of the molecule is Cc1cc(C)nc(-n2cc(C(=O)O)c(-c3ccoc3)n2)n1. The molecule has 0 aliphatic heterocycles. The van der Waals surface area contributed by atoms with E-state index in [1.54, 1.807) is 6.07 Å². The van der Waals surface area contributed by atoms with Crippen LogP contribution in [0.15, 0.2) is 35.3 Å². The average Bonchev–Trinajstić information content (AvgIpc) is 3.06. The minimum absolute atomic E-state index is 0.0687. The molecule has 106 valence electrons. The van der Waals surface area contributed by atoms with Crippen molar-refractivity contribution in [1.82, 2.24) is 19.7 Å². The van der Waals surface area contributed by atoms with Gasteiger partial charge in [0.1, 0.15) is 11.3 Å². The molecule has 3 rings (SSSR count). The first-order chi connectivity index (χ1) is 10.0. The van der Waals surface area contributed by atoms with Gasteiger partial charge in [0.2, 0.25) is 0 Å². The van der Waals surface area contributed by atoms with Crippen molar-refractivity contribution in [2.24, 2.45) is 0 Å². The first kappa shape index (κ1) is 13.0. The van der Waals surface area contributed by atoms with Crippen LogP contribution in [0.1, 0.15) is 21.7 Å². The summed E-state index contributed by atoms with van der Waals surface area (Å²) in [6.07, 6.45) is 4.31. The summed E-state index contributed by atoms with van der Waals surface area (Å²) in [5.41, 5.74) is 2.55. The molecule has 0 aliphatic carbocycles. The lowest BCUT2D eigenvalue weighted by Crippen LogP contribution is -2.04. The Morgan fingerprint density at radius 2 is 2.00 bits per heavy atom. The van der Waals surface area contributed by atoms with Gasteiger partial charge in [0, 0.05) is 23.1 Å². The molecule has 0 fully saturated rings. The van der Waals surface area contributed by atoms with Gasteiger partial charge >= 0.3 is 5.97 Å². The van der Waals surface area contributed by atoms with Crippen molar-refractivity contribution in [1.29, 1.82) is 0 Å². The highest BCUT2D eigenvalue weighted by Gasteiger charge is 2.19. The van der Waals surface area contributed by atoms with Gasteiger partial charge in [-0.3, -0.25) is 0 Å². The van der Waals surface area contributed by atoms with Crippen LogP contribution in [-0.2, 0) is 0 Å². The molecule has 0 atom stereocenters. The lowest BCUT2D eigenvalue weighted by molar-refractivity contribution is 0.0697. The van der Waals surface area contributed by atoms with E-state index in [9.17, 15) is 9.90 Å². The first-order valence-corrected chi connectivity index (χ1v) is 6.23. The number of furan rings is 1. The van der Waals surface area contributed by atoms with E-state index in [-0.39, 0.29) is 5.56 Å². The van der Waals surface area contributed by atoms with Crippen LogP contribution in [-0.4, -0.2) is 30.8 Å². The van der Waals surface area contributed by atoms with Crippen molar-refractivity contribution in [2.45, 2.75) is 13.8 Å². The number of aromatic nitrogens is 4. The molecule has 0 aliphatic rings. The number of aryl methyl sites for hydroxylation is 2. The summed E-state index contributed by atoms with van der Waals surface area (Å²) in [4.78, 5) is 19.9. The third-order valence-corrected chi connectivity index (χ3v) is 2.91. The topological polar surface area (TPSA) is 94.0 Å². The fourth-order valence-electron chi connectivity index (χ4n) is 2.06. The third kappa shape index (κ3) is 2.40. The molecular weight excluding hydrogens is 272 g/mol. The van der Waals surface area contributed by atoms with E-state index in [4.69, 9.17) is 4.42 Å². The van der Waals surface area contributed by atoms with Gasteiger partial charge in [-0.1, -0.05) is 0 Å². The van der Waals surface area contributed by atoms with Gasteiger partial charge < -0.3 is 9.52 Å². The zero-order chi connectivity index (χ0) is 15.0. The first-order valence-electron chi connectivity index (χ1n) is 6.23. The van der Waals surface area contributed by atoms with Crippen LogP contribution in [0.5, 0.6) is 0 Å². The second-order valence-electron chi connectivity index (χ2n) is 4.60. The standard InChI is InChI=1S/C14H12N4O3/c1-8-5-9(2)16-14(15-8)18-6-11(13(19)20)12(17-18)10-3-4-21-7-10/h3-7H,1-2H3,(H,19,20). The predicted molar refractivity (Wildman–Crippen MR) is 73.3 cm³/mol. The van der Waals surface area contributed by atoms with Crippen molar-refractivity contribution in [3.8, 4) is 17.2 Å². The molecule has 21 heavy (non-hydrogen) atoms. The number of hydrogen-bond donors (Lipinski definition) is 1. The molecule has 0 amide bonds. The van der Waals surface area contributed by atoms with E-state index in [1.165, 1.54) is 23.4 Å². The smallest absolute Gasteiger partial charge is 0.339 e. The van der Waals surface area contributed by atoms with Gasteiger partial charge in [0.25, 0.3) is 5.95 Å². The molecule has 1 N–H and O–H groups in total. The van der Waals surface area contributed by atoms with Gasteiger partial charge in [0.15, 0.2) is 0 Å². The predicted octanol–water partition coefficient (Wildman–Crippen LogP) is 2.24. The van der Waals surface area contributed by atoms with Gasteiger partial charge in [-0.2, -0.15) is 5.10 Å². The molecule has 0 aromatic carbocycles. The van der Waals surface area contributed by atoms with Gasteiger partial charge in [0.05, 0.1) is 12.5 Å². The molecule has 7 nitrogen and oxygen atoms in total. The summed E-state index contributed by atoms with van der Waals surface area (Å²) in [6, 6.07) is 3.49. The summed E-state index contributed by atoms with van der Waals surface area (Å²) in [6.45, 7) is 3.69. The van der Waals surface area contributed by atoms with E-state index >= 15 is 0 Å². The Hall–Kier alpha value is -2.96. The summed E-state index contributed by atoms with van der Waals surface area (Å²) in [5.74, 6) is -0.730. The van der Waals surface area contributed by atoms with E-state index in [0.29, 0.717) is 17.2 Å². The van der Waals surface area contributed by atoms with Crippen LogP contribution in [0.25, 0.3) is 17.2 Å². The largest absolute Gasteiger partial charge is 0.478 e. The van der Waals surface area contributed by atoms with E-state index in [2.05, 4.69) is 15.1 Å². The Bertz CT molecular complexity index is 785. The normalized spacial score (nSPS) is 10.8. The third-order valence-electron chi connectivity index (χ3n) is 2.91. The monoisotopic (exact) mass is 284 g/mol. The van der Waals surface area contributed by atoms with Crippen LogP contribution in [0.4, 0.5) is 0 Å². The number of aromatic carboxylic acids is 1. The number of carboxylic acids is 1. The molecule has 0 unspecified atom stereocenters. The second-order valence-corrected chi connectivity index (χ2v) is 4.60. The zero-order valence-electron chi connectivity index (χ0n) is 11.4. The van der Waals surface area contributed by atoms with Crippen molar-refractivity contribution in [2.75, 3.05) is 0 Å². The Morgan fingerprint density at radius 1 is 1.29 bits per heavy atom. The molecule has 0 saturated heterocycles. The van der Waals surface area contributed by atoms with Crippen LogP contribution < -0.4 is 0 Å². The quantitative estimate of drug-likeness (QED) is 0.792. The molecular formula is C14H12N4O3. The lowest BCUT2D eigenvalue weighted by Gasteiger charge is -2.02. The summed E-state index contributed by atoms with van der Waals surface area (Å²) in [5, 5.41) is 13.6. The number of carbonyl (C=O) groups is 1. The Balaban J connectivity index is 2.17. The summed E-state index contributed by atoms with van der Waals surface area (Å²) in [7, 11) is 0. The minimum atomic E-state index is -1.07. The fourth-order valence-corrected chi connectivity index (χ4v) is 2.06. The maximum atomic E-state index is 11.4. The summed E-state index contributed by atoms with van der Waals surface area (Å²) < 4.78 is 6.35. The van der Waals surface area contributed by atoms with Crippen molar-refractivity contribution < 1.29 is 14.3 Å². The number of rotatable bonds is 3.